The second-order valence-electron chi connectivity index (χ2n) is 7.95. The summed E-state index contributed by atoms with van der Waals surface area (Å²) >= 11 is 5.94. The molecule has 1 aliphatic carbocycles. The number of aliphatic carboxylic acids is 1. The van der Waals surface area contributed by atoms with E-state index in [-0.39, 0.29) is 24.3 Å². The third-order valence-corrected chi connectivity index (χ3v) is 6.32. The Labute approximate surface area is 185 Å². The first-order valence-electron chi connectivity index (χ1n) is 10.4. The van der Waals surface area contributed by atoms with Crippen molar-refractivity contribution in [2.24, 2.45) is 0 Å². The normalized spacial score (nSPS) is 15.6. The number of carbonyl (C=O) groups excluding carboxylic acids is 1. The molecule has 5 nitrogen and oxygen atoms in total. The molecule has 1 aliphatic rings. The Balaban J connectivity index is 1.63. The second-order valence-corrected chi connectivity index (χ2v) is 8.38. The highest BCUT2D eigenvalue weighted by Crippen LogP contribution is 2.34. The van der Waals surface area contributed by atoms with Crippen molar-refractivity contribution >= 4 is 34.4 Å². The number of carboxylic acid groups (broad SMARTS) is 1. The van der Waals surface area contributed by atoms with Gasteiger partial charge in [-0.25, -0.2) is 4.39 Å². The molecule has 1 atom stereocenters. The number of hydrogen-bond acceptors (Lipinski definition) is 2. The summed E-state index contributed by atoms with van der Waals surface area (Å²) in [7, 11) is 0. The maximum atomic E-state index is 14.0. The van der Waals surface area contributed by atoms with E-state index < -0.39 is 5.97 Å². The van der Waals surface area contributed by atoms with Crippen LogP contribution in [0.2, 0.25) is 5.02 Å². The van der Waals surface area contributed by atoms with Gasteiger partial charge in [0.15, 0.2) is 0 Å². The van der Waals surface area contributed by atoms with E-state index in [9.17, 15) is 19.1 Å². The van der Waals surface area contributed by atoms with E-state index in [4.69, 9.17) is 11.6 Å². The molecule has 1 heterocycles. The lowest BCUT2D eigenvalue weighted by atomic mass is 9.90. The molecule has 2 aromatic carbocycles. The largest absolute Gasteiger partial charge is 0.480 e. The molecule has 0 saturated carbocycles. The molecule has 1 N–H and O–H groups in total. The van der Waals surface area contributed by atoms with Crippen LogP contribution in [0, 0.1) is 5.82 Å². The van der Waals surface area contributed by atoms with Crippen molar-refractivity contribution in [1.29, 1.82) is 0 Å². The maximum Gasteiger partial charge on any atom is 0.323 e. The Morgan fingerprint density at radius 1 is 1.23 bits per heavy atom. The smallest absolute Gasteiger partial charge is 0.323 e. The number of aromatic nitrogens is 1. The molecule has 0 radical (unpaired) electrons. The first-order chi connectivity index (χ1) is 14.9. The Bertz CT molecular complexity index is 1140. The van der Waals surface area contributed by atoms with Crippen LogP contribution in [0.3, 0.4) is 0 Å². The Kier molecular flexibility index (Phi) is 6.01. The standard InChI is InChI=1S/C24H24ClFN2O3/c1-2-27(23(29)11-15-3-5-16(25)6-4-15)18-8-10-22-20(13-18)19-12-17(26)7-9-21(19)28(22)14-24(30)31/h3-7,9,12,18H,2,8,10-11,13-14H2,1H3,(H,30,31). The van der Waals surface area contributed by atoms with Gasteiger partial charge >= 0.3 is 5.97 Å². The van der Waals surface area contributed by atoms with Crippen molar-refractivity contribution in [3.63, 3.8) is 0 Å². The summed E-state index contributed by atoms with van der Waals surface area (Å²) in [6, 6.07) is 11.7. The van der Waals surface area contributed by atoms with Gasteiger partial charge in [0.25, 0.3) is 0 Å². The topological polar surface area (TPSA) is 62.5 Å². The quantitative estimate of drug-likeness (QED) is 0.612. The van der Waals surface area contributed by atoms with Gasteiger partial charge in [0.2, 0.25) is 5.91 Å². The summed E-state index contributed by atoms with van der Waals surface area (Å²) in [5.74, 6) is -1.24. The van der Waals surface area contributed by atoms with Crippen molar-refractivity contribution in [3.05, 3.63) is 70.1 Å². The van der Waals surface area contributed by atoms with Crippen LogP contribution in [0.1, 0.15) is 30.2 Å². The predicted octanol–water partition coefficient (Wildman–Crippen LogP) is 4.47. The highest BCUT2D eigenvalue weighted by Gasteiger charge is 2.31. The maximum absolute atomic E-state index is 14.0. The number of fused-ring (bicyclic) bond motifs is 3. The van der Waals surface area contributed by atoms with Gasteiger partial charge in [0.1, 0.15) is 12.4 Å². The molecule has 0 bridgehead atoms. The SMILES string of the molecule is CCN(C(=O)Cc1ccc(Cl)cc1)C1CCc2c(c3cc(F)ccc3n2CC(=O)O)C1. The summed E-state index contributed by atoms with van der Waals surface area (Å²) in [5, 5.41) is 10.7. The molecule has 31 heavy (non-hydrogen) atoms. The van der Waals surface area contributed by atoms with Crippen molar-refractivity contribution in [1.82, 2.24) is 9.47 Å². The minimum absolute atomic E-state index is 0.00977. The summed E-state index contributed by atoms with van der Waals surface area (Å²) in [6.07, 6.45) is 2.27. The average molecular weight is 443 g/mol. The molecule has 0 saturated heterocycles. The zero-order valence-electron chi connectivity index (χ0n) is 17.3. The number of carbonyl (C=O) groups is 2. The van der Waals surface area contributed by atoms with Crippen LogP contribution in [0.15, 0.2) is 42.5 Å². The fourth-order valence-electron chi connectivity index (χ4n) is 4.70. The lowest BCUT2D eigenvalue weighted by Gasteiger charge is -2.34. The van der Waals surface area contributed by atoms with Crippen LogP contribution in [0.4, 0.5) is 4.39 Å². The Morgan fingerprint density at radius 2 is 1.97 bits per heavy atom. The molecule has 1 unspecified atom stereocenters. The monoisotopic (exact) mass is 442 g/mol. The second kappa shape index (κ2) is 8.71. The predicted molar refractivity (Wildman–Crippen MR) is 118 cm³/mol. The number of halogens is 2. The first-order valence-corrected chi connectivity index (χ1v) is 10.8. The van der Waals surface area contributed by atoms with E-state index in [1.54, 1.807) is 22.8 Å². The van der Waals surface area contributed by atoms with Gasteiger partial charge in [0, 0.05) is 34.2 Å². The van der Waals surface area contributed by atoms with Gasteiger partial charge in [-0.05, 0) is 67.6 Å². The summed E-state index contributed by atoms with van der Waals surface area (Å²) in [6.45, 7) is 2.38. The van der Waals surface area contributed by atoms with Gasteiger partial charge in [-0.2, -0.15) is 0 Å². The van der Waals surface area contributed by atoms with E-state index in [0.29, 0.717) is 30.8 Å². The molecule has 1 amide bonds. The fraction of sp³-hybridized carbons (Fsp3) is 0.333. The van der Waals surface area contributed by atoms with E-state index in [1.807, 2.05) is 24.0 Å². The molecule has 3 aromatic rings. The van der Waals surface area contributed by atoms with Crippen LogP contribution < -0.4 is 0 Å². The molecule has 0 fully saturated rings. The highest BCUT2D eigenvalue weighted by atomic mass is 35.5. The van der Waals surface area contributed by atoms with Gasteiger partial charge in [0.05, 0.1) is 6.42 Å². The molecule has 162 valence electrons. The molecular formula is C24H24ClFN2O3. The zero-order valence-corrected chi connectivity index (χ0v) is 18.0. The van der Waals surface area contributed by atoms with Gasteiger partial charge in [-0.1, -0.05) is 23.7 Å². The number of rotatable bonds is 6. The summed E-state index contributed by atoms with van der Waals surface area (Å²) in [4.78, 5) is 26.4. The van der Waals surface area contributed by atoms with Gasteiger partial charge < -0.3 is 14.6 Å². The fourth-order valence-corrected chi connectivity index (χ4v) is 4.83. The van der Waals surface area contributed by atoms with Gasteiger partial charge in [-0.15, -0.1) is 0 Å². The van der Waals surface area contributed by atoms with Crippen LogP contribution in [0.25, 0.3) is 10.9 Å². The summed E-state index contributed by atoms with van der Waals surface area (Å²) in [5.41, 5.74) is 3.51. The molecule has 1 aromatic heterocycles. The number of likely N-dealkylation sites (N-methyl/N-ethyl adjacent to an activating group) is 1. The first kappa shape index (κ1) is 21.4. The van der Waals surface area contributed by atoms with Crippen molar-refractivity contribution < 1.29 is 19.1 Å². The number of hydrogen-bond donors (Lipinski definition) is 1. The van der Waals surface area contributed by atoms with Crippen LogP contribution in [-0.2, 0) is 35.4 Å². The van der Waals surface area contributed by atoms with E-state index in [1.165, 1.54) is 12.1 Å². The molecular weight excluding hydrogens is 419 g/mol. The van der Waals surface area contributed by atoms with Crippen molar-refractivity contribution in [2.75, 3.05) is 6.54 Å². The summed E-state index contributed by atoms with van der Waals surface area (Å²) < 4.78 is 15.8. The lowest BCUT2D eigenvalue weighted by molar-refractivity contribution is -0.137. The third-order valence-electron chi connectivity index (χ3n) is 6.07. The highest BCUT2D eigenvalue weighted by molar-refractivity contribution is 6.30. The van der Waals surface area contributed by atoms with E-state index in [0.717, 1.165) is 34.1 Å². The van der Waals surface area contributed by atoms with Crippen molar-refractivity contribution in [3.8, 4) is 0 Å². The number of nitrogens with zero attached hydrogens (tertiary/aromatic N) is 2. The van der Waals surface area contributed by atoms with E-state index >= 15 is 0 Å². The molecule has 0 spiro atoms. The average Bonchev–Trinajstić information content (AvgIpc) is 3.02. The molecule has 7 heteroatoms. The number of amides is 1. The van der Waals surface area contributed by atoms with Crippen LogP contribution >= 0.6 is 11.6 Å². The Morgan fingerprint density at radius 3 is 2.65 bits per heavy atom. The molecule has 4 rings (SSSR count). The number of benzene rings is 2. The van der Waals surface area contributed by atoms with Gasteiger partial charge in [-0.3, -0.25) is 9.59 Å². The van der Waals surface area contributed by atoms with Crippen LogP contribution in [-0.4, -0.2) is 39.0 Å². The van der Waals surface area contributed by atoms with Crippen LogP contribution in [0.5, 0.6) is 0 Å². The lowest BCUT2D eigenvalue weighted by Crippen LogP contribution is -2.44. The number of carboxylic acids is 1. The minimum Gasteiger partial charge on any atom is -0.480 e. The van der Waals surface area contributed by atoms with Crippen molar-refractivity contribution in [2.45, 2.75) is 45.2 Å². The Hall–Kier alpha value is -2.86. The minimum atomic E-state index is -0.931. The molecule has 0 aliphatic heterocycles. The zero-order chi connectivity index (χ0) is 22.1. The third kappa shape index (κ3) is 4.30. The van der Waals surface area contributed by atoms with E-state index in [2.05, 4.69) is 0 Å².